The zero-order valence-electron chi connectivity index (χ0n) is 42.5. The second-order valence-corrected chi connectivity index (χ2v) is 22.5. The van der Waals surface area contributed by atoms with Crippen LogP contribution < -0.4 is 11.4 Å². The summed E-state index contributed by atoms with van der Waals surface area (Å²) in [7, 11) is -10.8. The molecule has 1 aromatic rings. The Balaban J connectivity index is 1.74. The zero-order chi connectivity index (χ0) is 50.9. The van der Waals surface area contributed by atoms with E-state index in [9.17, 15) is 43.5 Å². The molecule has 2 rings (SSSR count). The number of esters is 2. The minimum atomic E-state index is -5.42. The molecule has 2 heterocycles. The van der Waals surface area contributed by atoms with Gasteiger partial charge in [0.25, 0.3) is 0 Å². The lowest BCUT2D eigenvalue weighted by molar-refractivity contribution is -0.161. The van der Waals surface area contributed by atoms with Crippen molar-refractivity contribution >= 4 is 33.4 Å². The third-order valence-corrected chi connectivity index (χ3v) is 15.3. The lowest BCUT2D eigenvalue weighted by Gasteiger charge is -2.21. The maximum Gasteiger partial charge on any atom is 0.481 e. The van der Waals surface area contributed by atoms with Gasteiger partial charge >= 0.3 is 33.3 Å². The number of nitrogens with two attached hydrogens (primary N) is 1. The van der Waals surface area contributed by atoms with Gasteiger partial charge in [-0.05, 0) is 30.7 Å². The highest BCUT2D eigenvalue weighted by atomic mass is 31.3. The molecular weight excluding hydrogens is 932 g/mol. The van der Waals surface area contributed by atoms with E-state index < -0.39 is 83.7 Å². The highest BCUT2D eigenvalue weighted by Crippen LogP contribution is 2.60. The molecule has 1 saturated heterocycles. The summed E-state index contributed by atoms with van der Waals surface area (Å²) in [6.07, 6.45) is 25.0. The van der Waals surface area contributed by atoms with Crippen molar-refractivity contribution in [1.82, 2.24) is 9.55 Å². The number of anilines is 1. The summed E-state index contributed by atoms with van der Waals surface area (Å²) in [4.78, 5) is 61.9. The van der Waals surface area contributed by atoms with Crippen LogP contribution in [0, 0.1) is 11.8 Å². The lowest BCUT2D eigenvalue weighted by atomic mass is 10.00. The van der Waals surface area contributed by atoms with E-state index in [4.69, 9.17) is 29.0 Å². The quantitative estimate of drug-likeness (QED) is 0.0231. The molecule has 0 amide bonds. The van der Waals surface area contributed by atoms with Crippen molar-refractivity contribution in [2.45, 2.75) is 245 Å². The fourth-order valence-corrected chi connectivity index (χ4v) is 10.3. The van der Waals surface area contributed by atoms with E-state index in [0.717, 1.165) is 67.8 Å². The third kappa shape index (κ3) is 30.4. The third-order valence-electron chi connectivity index (χ3n) is 12.7. The molecule has 20 heteroatoms. The highest BCUT2D eigenvalue weighted by molar-refractivity contribution is 7.61. The predicted octanol–water partition coefficient (Wildman–Crippen LogP) is 10.8. The van der Waals surface area contributed by atoms with E-state index in [1.165, 1.54) is 121 Å². The largest absolute Gasteiger partial charge is 0.481 e. The topological polar surface area (TPSA) is 265 Å². The zero-order valence-corrected chi connectivity index (χ0v) is 44.3. The van der Waals surface area contributed by atoms with Crippen molar-refractivity contribution in [2.75, 3.05) is 25.6 Å². The number of phosphoric ester groups is 2. The molecule has 1 aliphatic rings. The van der Waals surface area contributed by atoms with Crippen LogP contribution in [0.4, 0.5) is 5.82 Å². The van der Waals surface area contributed by atoms with Crippen LogP contribution in [-0.2, 0) is 46.3 Å². The van der Waals surface area contributed by atoms with Crippen LogP contribution in [-0.4, -0.2) is 85.7 Å². The number of phosphoric acid groups is 2. The van der Waals surface area contributed by atoms with E-state index in [-0.39, 0.29) is 18.7 Å². The van der Waals surface area contributed by atoms with Gasteiger partial charge in [-0.15, -0.1) is 0 Å². The number of carbonyl (C=O) groups is 2. The van der Waals surface area contributed by atoms with Crippen molar-refractivity contribution < 1.29 is 66.3 Å². The standard InChI is InChI=1S/C49H91N3O15P2/c1-5-40(4)31-27-23-20-21-24-28-32-44(53)62-36-41(65-45(54)33-29-25-19-17-15-13-11-9-7-6-8-10-12-14-16-18-22-26-30-39(2)3)37-63-68(58,59)67-69(60,61)64-38-42-46(55)47(56)48(66-42)52-35-34-43(50)51-49(52)57/h34-35,39-42,46-48,55-56H,5-33,36-38H2,1-4H3,(H,58,59)(H,60,61)(H2,50,51,57)/t40?,41-,42-,46+,47?,48-/m1/s1. The first kappa shape index (κ1) is 62.9. The van der Waals surface area contributed by atoms with Crippen LogP contribution in [0.5, 0.6) is 0 Å². The lowest BCUT2D eigenvalue weighted by Crippen LogP contribution is -2.36. The summed E-state index contributed by atoms with van der Waals surface area (Å²) in [5, 5.41) is 20.9. The molecule has 0 radical (unpaired) electrons. The van der Waals surface area contributed by atoms with E-state index in [0.29, 0.717) is 12.8 Å². The second kappa shape index (κ2) is 36.6. The van der Waals surface area contributed by atoms with Crippen molar-refractivity contribution in [1.29, 1.82) is 0 Å². The average Bonchev–Trinajstić information content (AvgIpc) is 3.57. The monoisotopic (exact) mass is 1020 g/mol. The Kier molecular flexibility index (Phi) is 33.4. The first-order valence-corrected chi connectivity index (χ1v) is 29.3. The summed E-state index contributed by atoms with van der Waals surface area (Å²) in [6, 6.07) is 1.25. The van der Waals surface area contributed by atoms with Gasteiger partial charge in [-0.3, -0.25) is 23.2 Å². The molecule has 0 aliphatic carbocycles. The minimum Gasteiger partial charge on any atom is -0.462 e. The fourth-order valence-electron chi connectivity index (χ4n) is 8.18. The number of rotatable bonds is 43. The molecule has 8 atom stereocenters. The van der Waals surface area contributed by atoms with E-state index in [2.05, 4.69) is 37.0 Å². The maximum atomic E-state index is 12.9. The van der Waals surface area contributed by atoms with Crippen LogP contribution in [0.15, 0.2) is 17.1 Å². The summed E-state index contributed by atoms with van der Waals surface area (Å²) in [5.74, 6) is 0.264. The summed E-state index contributed by atoms with van der Waals surface area (Å²) in [6.45, 7) is 6.77. The highest BCUT2D eigenvalue weighted by Gasteiger charge is 2.46. The number of aliphatic hydroxyl groups is 2. The Morgan fingerprint density at radius 1 is 0.696 bits per heavy atom. The molecule has 0 spiro atoms. The minimum absolute atomic E-state index is 0.0567. The van der Waals surface area contributed by atoms with E-state index in [1.807, 2.05) is 0 Å². The molecule has 18 nitrogen and oxygen atoms in total. The van der Waals surface area contributed by atoms with E-state index in [1.54, 1.807) is 0 Å². The van der Waals surface area contributed by atoms with Gasteiger partial charge in [-0.1, -0.05) is 188 Å². The molecular formula is C49H91N3O15P2. The summed E-state index contributed by atoms with van der Waals surface area (Å²) in [5.41, 5.74) is 4.59. The Morgan fingerprint density at radius 3 is 1.65 bits per heavy atom. The van der Waals surface area contributed by atoms with Gasteiger partial charge in [0, 0.05) is 19.0 Å². The fraction of sp³-hybridized carbons (Fsp3) is 0.878. The molecule has 1 aromatic heterocycles. The van der Waals surface area contributed by atoms with Gasteiger partial charge in [0.1, 0.15) is 30.7 Å². The van der Waals surface area contributed by atoms with Gasteiger partial charge in [0.2, 0.25) is 0 Å². The number of ether oxygens (including phenoxy) is 3. The number of nitrogen functional groups attached to an aromatic ring is 1. The molecule has 402 valence electrons. The first-order chi connectivity index (χ1) is 32.9. The Morgan fingerprint density at radius 2 is 1.16 bits per heavy atom. The molecule has 69 heavy (non-hydrogen) atoms. The SMILES string of the molecule is CCC(C)CCCCCCCCC(=O)OC[C@H](COP(=O)(O)OP(=O)(O)OC[C@H]1O[C@@H](n2ccc(N)nc2=O)C(O)[C@H]1O)OC(=O)CCCCCCCCCCCCCCCCCCCCC(C)C. The van der Waals surface area contributed by atoms with Crippen LogP contribution in [0.25, 0.3) is 0 Å². The van der Waals surface area contributed by atoms with Crippen molar-refractivity contribution in [3.63, 3.8) is 0 Å². The van der Waals surface area contributed by atoms with Gasteiger partial charge in [-0.2, -0.15) is 9.29 Å². The first-order valence-electron chi connectivity index (χ1n) is 26.3. The predicted molar refractivity (Wildman–Crippen MR) is 266 cm³/mol. The second-order valence-electron chi connectivity index (χ2n) is 19.5. The van der Waals surface area contributed by atoms with Crippen LogP contribution in [0.2, 0.25) is 0 Å². The number of aliphatic hydroxyl groups excluding tert-OH is 2. The van der Waals surface area contributed by atoms with Crippen LogP contribution in [0.1, 0.15) is 220 Å². The normalized spacial score (nSPS) is 19.8. The summed E-state index contributed by atoms with van der Waals surface area (Å²) < 4.78 is 56.8. The maximum absolute atomic E-state index is 12.9. The number of hydrogen-bond donors (Lipinski definition) is 5. The molecule has 1 aliphatic heterocycles. The van der Waals surface area contributed by atoms with Crippen molar-refractivity contribution in [2.24, 2.45) is 11.8 Å². The number of aromatic nitrogens is 2. The Labute approximate surface area is 412 Å². The molecule has 1 fully saturated rings. The number of unbranched alkanes of at least 4 members (excludes halogenated alkanes) is 22. The van der Waals surface area contributed by atoms with E-state index >= 15 is 0 Å². The van der Waals surface area contributed by atoms with Crippen molar-refractivity contribution in [3.05, 3.63) is 22.7 Å². The molecule has 0 aromatic carbocycles. The Hall–Kier alpha value is -2.24. The number of nitrogens with zero attached hydrogens (tertiary/aromatic N) is 2. The molecule has 0 bridgehead atoms. The molecule has 4 unspecified atom stereocenters. The average molecular weight is 1020 g/mol. The van der Waals surface area contributed by atoms with Gasteiger partial charge < -0.3 is 39.9 Å². The smallest absolute Gasteiger partial charge is 0.462 e. The van der Waals surface area contributed by atoms with Crippen LogP contribution in [0.3, 0.4) is 0 Å². The van der Waals surface area contributed by atoms with Crippen molar-refractivity contribution in [3.8, 4) is 0 Å². The molecule has 0 saturated carbocycles. The summed E-state index contributed by atoms with van der Waals surface area (Å²) >= 11 is 0. The van der Waals surface area contributed by atoms with Gasteiger partial charge in [-0.25, -0.2) is 13.9 Å². The number of hydrogen-bond acceptors (Lipinski definition) is 15. The van der Waals surface area contributed by atoms with Gasteiger partial charge in [0.15, 0.2) is 12.3 Å². The molecule has 6 N–H and O–H groups in total. The van der Waals surface area contributed by atoms with Crippen LogP contribution >= 0.6 is 15.6 Å². The Bertz CT molecular complexity index is 1690. The number of carbonyl (C=O) groups excluding carboxylic acids is 2. The van der Waals surface area contributed by atoms with Gasteiger partial charge in [0.05, 0.1) is 13.2 Å².